The molecule has 1 saturated heterocycles. The third-order valence-corrected chi connectivity index (χ3v) is 4.31. The number of benzene rings is 1. The number of hydrogen-bond donors (Lipinski definition) is 1. The second-order valence-electron chi connectivity index (χ2n) is 5.78. The molecule has 1 heterocycles. The number of morpholine rings is 1. The zero-order valence-electron chi connectivity index (χ0n) is 12.0. The van der Waals surface area contributed by atoms with E-state index < -0.39 is 0 Å². The van der Waals surface area contributed by atoms with Gasteiger partial charge >= 0.3 is 0 Å². The lowest BCUT2D eigenvalue weighted by molar-refractivity contribution is -0.122. The van der Waals surface area contributed by atoms with Gasteiger partial charge in [0.2, 0.25) is 5.91 Å². The van der Waals surface area contributed by atoms with Crippen molar-refractivity contribution in [3.63, 3.8) is 0 Å². The fraction of sp³-hybridized carbons (Fsp3) is 0.562. The highest BCUT2D eigenvalue weighted by Gasteiger charge is 2.25. The minimum absolute atomic E-state index is 0.170. The summed E-state index contributed by atoms with van der Waals surface area (Å²) in [5, 5.41) is 3.00. The molecule has 1 aliphatic heterocycles. The van der Waals surface area contributed by atoms with Crippen LogP contribution < -0.4 is 10.2 Å². The number of hydrogen-bond acceptors (Lipinski definition) is 3. The minimum atomic E-state index is 0.170. The second kappa shape index (κ2) is 5.83. The largest absolute Gasteiger partial charge is 0.377 e. The Morgan fingerprint density at radius 3 is 2.65 bits per heavy atom. The van der Waals surface area contributed by atoms with Crippen LogP contribution in [0.1, 0.15) is 26.2 Å². The van der Waals surface area contributed by atoms with E-state index in [1.165, 1.54) is 12.1 Å². The van der Waals surface area contributed by atoms with Gasteiger partial charge in [0.25, 0.3) is 0 Å². The Labute approximate surface area is 120 Å². The molecule has 2 aliphatic rings. The van der Waals surface area contributed by atoms with Crippen LogP contribution in [0, 0.1) is 5.92 Å². The summed E-state index contributed by atoms with van der Waals surface area (Å²) in [5.74, 6) is 0.401. The average Bonchev–Trinajstić information content (AvgIpc) is 2.38. The van der Waals surface area contributed by atoms with Gasteiger partial charge in [0, 0.05) is 29.9 Å². The third-order valence-electron chi connectivity index (χ3n) is 4.31. The summed E-state index contributed by atoms with van der Waals surface area (Å²) < 4.78 is 5.46. The van der Waals surface area contributed by atoms with Crippen molar-refractivity contribution < 1.29 is 9.53 Å². The molecule has 20 heavy (non-hydrogen) atoms. The van der Waals surface area contributed by atoms with E-state index in [0.29, 0.717) is 6.04 Å². The van der Waals surface area contributed by atoms with Crippen molar-refractivity contribution in [2.45, 2.75) is 32.2 Å². The quantitative estimate of drug-likeness (QED) is 0.921. The molecular weight excluding hydrogens is 252 g/mol. The summed E-state index contributed by atoms with van der Waals surface area (Å²) in [5.41, 5.74) is 2.09. The van der Waals surface area contributed by atoms with Crippen molar-refractivity contribution >= 4 is 17.3 Å². The van der Waals surface area contributed by atoms with Crippen molar-refractivity contribution in [3.05, 3.63) is 24.3 Å². The number of nitrogens with one attached hydrogen (secondary N) is 1. The van der Waals surface area contributed by atoms with Gasteiger partial charge in [0.15, 0.2) is 0 Å². The van der Waals surface area contributed by atoms with Gasteiger partial charge in [0.1, 0.15) is 0 Å². The van der Waals surface area contributed by atoms with Crippen molar-refractivity contribution in [2.75, 3.05) is 30.0 Å². The van der Waals surface area contributed by atoms with Gasteiger partial charge in [-0.05, 0) is 44.0 Å². The van der Waals surface area contributed by atoms with Crippen LogP contribution in [0.3, 0.4) is 0 Å². The van der Waals surface area contributed by atoms with Crippen molar-refractivity contribution in [1.82, 2.24) is 0 Å². The van der Waals surface area contributed by atoms with E-state index in [9.17, 15) is 4.79 Å². The van der Waals surface area contributed by atoms with Crippen LogP contribution in [-0.2, 0) is 9.53 Å². The molecule has 1 N–H and O–H groups in total. The van der Waals surface area contributed by atoms with E-state index in [1.807, 2.05) is 12.1 Å². The maximum absolute atomic E-state index is 11.9. The third kappa shape index (κ3) is 2.80. The molecule has 0 radical (unpaired) electrons. The van der Waals surface area contributed by atoms with Crippen LogP contribution in [0.25, 0.3) is 0 Å². The van der Waals surface area contributed by atoms with Gasteiger partial charge in [-0.25, -0.2) is 0 Å². The standard InChI is InChI=1S/C16H22N2O2/c1-12-11-20-10-9-18(12)15-7-5-14(6-8-15)17-16(19)13-3-2-4-13/h5-8,12-13H,2-4,9-11H2,1H3,(H,17,19). The van der Waals surface area contributed by atoms with E-state index in [1.54, 1.807) is 0 Å². The summed E-state index contributed by atoms with van der Waals surface area (Å²) in [6, 6.07) is 8.55. The first-order chi connectivity index (χ1) is 9.74. The number of carbonyl (C=O) groups is 1. The molecule has 108 valence electrons. The van der Waals surface area contributed by atoms with Crippen LogP contribution in [0.5, 0.6) is 0 Å². The maximum atomic E-state index is 11.9. The van der Waals surface area contributed by atoms with Gasteiger partial charge in [-0.3, -0.25) is 4.79 Å². The molecule has 1 aromatic carbocycles. The first-order valence-electron chi connectivity index (χ1n) is 7.49. The van der Waals surface area contributed by atoms with Crippen molar-refractivity contribution in [1.29, 1.82) is 0 Å². The lowest BCUT2D eigenvalue weighted by atomic mass is 9.85. The van der Waals surface area contributed by atoms with E-state index in [-0.39, 0.29) is 11.8 Å². The van der Waals surface area contributed by atoms with Crippen molar-refractivity contribution in [2.24, 2.45) is 5.92 Å². The zero-order valence-corrected chi connectivity index (χ0v) is 12.0. The average molecular weight is 274 g/mol. The van der Waals surface area contributed by atoms with Gasteiger partial charge in [0.05, 0.1) is 13.2 Å². The molecular formula is C16H22N2O2. The van der Waals surface area contributed by atoms with E-state index >= 15 is 0 Å². The van der Waals surface area contributed by atoms with Crippen LogP contribution in [0.2, 0.25) is 0 Å². The SMILES string of the molecule is CC1COCCN1c1ccc(NC(=O)C2CCC2)cc1. The highest BCUT2D eigenvalue weighted by molar-refractivity contribution is 5.93. The Morgan fingerprint density at radius 2 is 2.05 bits per heavy atom. The molecule has 0 aromatic heterocycles. The smallest absolute Gasteiger partial charge is 0.227 e. The van der Waals surface area contributed by atoms with Crippen LogP contribution >= 0.6 is 0 Å². The molecule has 1 saturated carbocycles. The summed E-state index contributed by atoms with van der Waals surface area (Å²) in [4.78, 5) is 14.2. The molecule has 0 spiro atoms. The predicted molar refractivity (Wildman–Crippen MR) is 80.0 cm³/mol. The number of rotatable bonds is 3. The van der Waals surface area contributed by atoms with E-state index in [2.05, 4.69) is 29.3 Å². The van der Waals surface area contributed by atoms with Gasteiger partial charge in [-0.2, -0.15) is 0 Å². The van der Waals surface area contributed by atoms with Gasteiger partial charge in [-0.15, -0.1) is 0 Å². The lowest BCUT2D eigenvalue weighted by Gasteiger charge is -2.35. The van der Waals surface area contributed by atoms with E-state index in [0.717, 1.165) is 38.3 Å². The number of amides is 1. The number of anilines is 2. The Balaban J connectivity index is 1.63. The lowest BCUT2D eigenvalue weighted by Crippen LogP contribution is -2.43. The first-order valence-corrected chi connectivity index (χ1v) is 7.49. The van der Waals surface area contributed by atoms with E-state index in [4.69, 9.17) is 4.74 Å². The molecule has 0 bridgehead atoms. The molecule has 3 rings (SSSR count). The Kier molecular flexibility index (Phi) is 3.92. The fourth-order valence-electron chi connectivity index (χ4n) is 2.76. The number of carbonyl (C=O) groups excluding carboxylic acids is 1. The predicted octanol–water partition coefficient (Wildman–Crippen LogP) is 2.65. The van der Waals surface area contributed by atoms with Gasteiger partial charge < -0.3 is 15.0 Å². The molecule has 1 atom stereocenters. The Morgan fingerprint density at radius 1 is 1.30 bits per heavy atom. The molecule has 1 aromatic rings. The molecule has 1 unspecified atom stereocenters. The molecule has 4 nitrogen and oxygen atoms in total. The molecule has 1 aliphatic carbocycles. The van der Waals surface area contributed by atoms with Crippen molar-refractivity contribution in [3.8, 4) is 0 Å². The zero-order chi connectivity index (χ0) is 13.9. The summed E-state index contributed by atoms with van der Waals surface area (Å²) in [7, 11) is 0. The summed E-state index contributed by atoms with van der Waals surface area (Å²) >= 11 is 0. The van der Waals surface area contributed by atoms with Crippen LogP contribution in [-0.4, -0.2) is 31.7 Å². The maximum Gasteiger partial charge on any atom is 0.227 e. The summed E-state index contributed by atoms with van der Waals surface area (Å²) in [6.07, 6.45) is 3.26. The number of ether oxygens (including phenoxy) is 1. The first kappa shape index (κ1) is 13.4. The highest BCUT2D eigenvalue weighted by Crippen LogP contribution is 2.28. The minimum Gasteiger partial charge on any atom is -0.377 e. The molecule has 2 fully saturated rings. The van der Waals surface area contributed by atoms with Gasteiger partial charge in [-0.1, -0.05) is 6.42 Å². The normalized spacial score (nSPS) is 23.2. The monoisotopic (exact) mass is 274 g/mol. The molecule has 4 heteroatoms. The van der Waals surface area contributed by atoms with Crippen LogP contribution in [0.4, 0.5) is 11.4 Å². The second-order valence-corrected chi connectivity index (χ2v) is 5.78. The Bertz CT molecular complexity index is 468. The summed E-state index contributed by atoms with van der Waals surface area (Å²) in [6.45, 7) is 4.66. The number of nitrogens with zero attached hydrogens (tertiary/aromatic N) is 1. The highest BCUT2D eigenvalue weighted by atomic mass is 16.5. The topological polar surface area (TPSA) is 41.6 Å². The van der Waals surface area contributed by atoms with Crippen LogP contribution in [0.15, 0.2) is 24.3 Å². The fourth-order valence-corrected chi connectivity index (χ4v) is 2.76. The molecule has 1 amide bonds. The Hall–Kier alpha value is -1.55.